The lowest BCUT2D eigenvalue weighted by Gasteiger charge is -2.03. The number of nitrogens with one attached hydrogen (secondary N) is 1. The second-order valence-electron chi connectivity index (χ2n) is 6.46. The Labute approximate surface area is 187 Å². The van der Waals surface area contributed by atoms with E-state index >= 15 is 0 Å². The van der Waals surface area contributed by atoms with E-state index in [4.69, 9.17) is 4.74 Å². The number of benzene rings is 3. The number of phenols is 1. The van der Waals surface area contributed by atoms with E-state index in [9.17, 15) is 25.3 Å². The normalized spacial score (nSPS) is 11.1. The Morgan fingerprint density at radius 3 is 2.33 bits per heavy atom. The molecule has 3 rings (SSSR count). The standard InChI is InChI=1S/C21H18N6O6/c1-2-33-18-7-3-15(4-8-18)23-24-16-5-10-21(28)14(11-16)13-22-25-19-9-6-17(26(29)30)12-20(19)27(31)32/h3-13,25,28H,2H2,1H3. The van der Waals surface area contributed by atoms with Crippen LogP contribution in [0.5, 0.6) is 11.5 Å². The van der Waals surface area contributed by atoms with Crippen molar-refractivity contribution in [3.8, 4) is 11.5 Å². The van der Waals surface area contributed by atoms with Gasteiger partial charge in [-0.15, -0.1) is 0 Å². The van der Waals surface area contributed by atoms with Gasteiger partial charge in [0.15, 0.2) is 0 Å². The molecule has 33 heavy (non-hydrogen) atoms. The van der Waals surface area contributed by atoms with Crippen LogP contribution in [0.1, 0.15) is 12.5 Å². The lowest BCUT2D eigenvalue weighted by atomic mass is 10.2. The van der Waals surface area contributed by atoms with Gasteiger partial charge >= 0.3 is 5.69 Å². The molecule has 0 saturated carbocycles. The van der Waals surface area contributed by atoms with E-state index in [1.54, 1.807) is 30.3 Å². The van der Waals surface area contributed by atoms with Gasteiger partial charge in [-0.3, -0.25) is 25.7 Å². The molecule has 0 radical (unpaired) electrons. The first kappa shape index (κ1) is 22.8. The SMILES string of the molecule is CCOc1ccc(N=Nc2ccc(O)c(C=NNc3ccc([N+](=O)[O-])cc3[N+](=O)[O-])c2)cc1. The largest absolute Gasteiger partial charge is 0.507 e. The highest BCUT2D eigenvalue weighted by Crippen LogP contribution is 2.29. The van der Waals surface area contributed by atoms with E-state index in [0.29, 0.717) is 18.0 Å². The number of rotatable bonds is 9. The summed E-state index contributed by atoms with van der Waals surface area (Å²) in [5.74, 6) is 0.624. The molecule has 2 N–H and O–H groups in total. The molecule has 0 unspecified atom stereocenters. The zero-order valence-electron chi connectivity index (χ0n) is 17.3. The van der Waals surface area contributed by atoms with Crippen LogP contribution in [0.3, 0.4) is 0 Å². The highest BCUT2D eigenvalue weighted by Gasteiger charge is 2.19. The van der Waals surface area contributed by atoms with Crippen molar-refractivity contribution in [3.63, 3.8) is 0 Å². The molecule has 0 heterocycles. The van der Waals surface area contributed by atoms with Crippen LogP contribution in [0.25, 0.3) is 0 Å². The number of ether oxygens (including phenoxy) is 1. The van der Waals surface area contributed by atoms with Gasteiger partial charge in [0.05, 0.1) is 40.1 Å². The maximum atomic E-state index is 11.2. The Kier molecular flexibility index (Phi) is 7.21. The van der Waals surface area contributed by atoms with Crippen LogP contribution in [0.2, 0.25) is 0 Å². The molecule has 0 amide bonds. The minimum Gasteiger partial charge on any atom is -0.507 e. The number of non-ortho nitro benzene ring substituents is 1. The van der Waals surface area contributed by atoms with Crippen LogP contribution in [-0.4, -0.2) is 27.8 Å². The van der Waals surface area contributed by atoms with Crippen molar-refractivity contribution in [3.05, 3.63) is 86.5 Å². The molecule has 0 aliphatic heterocycles. The van der Waals surface area contributed by atoms with Crippen molar-refractivity contribution in [2.45, 2.75) is 6.92 Å². The van der Waals surface area contributed by atoms with E-state index in [1.807, 2.05) is 6.92 Å². The average molecular weight is 450 g/mol. The van der Waals surface area contributed by atoms with Gasteiger partial charge in [-0.25, -0.2) is 0 Å². The fraction of sp³-hybridized carbons (Fsp3) is 0.0952. The maximum absolute atomic E-state index is 11.2. The molecule has 168 valence electrons. The number of nitro groups is 2. The minimum atomic E-state index is -0.760. The summed E-state index contributed by atoms with van der Waals surface area (Å²) in [4.78, 5) is 20.5. The molecule has 0 bridgehead atoms. The minimum absolute atomic E-state index is 0.0484. The number of nitrogens with zero attached hydrogens (tertiary/aromatic N) is 5. The molecule has 3 aromatic rings. The third kappa shape index (κ3) is 6.07. The number of hydrogen-bond donors (Lipinski definition) is 2. The topological polar surface area (TPSA) is 165 Å². The quantitative estimate of drug-likeness (QED) is 0.189. The van der Waals surface area contributed by atoms with Gasteiger partial charge in [0, 0.05) is 11.6 Å². The van der Waals surface area contributed by atoms with Gasteiger partial charge in [-0.1, -0.05) is 0 Å². The summed E-state index contributed by atoms with van der Waals surface area (Å²) in [5.41, 5.74) is 2.79. The summed E-state index contributed by atoms with van der Waals surface area (Å²) in [6, 6.07) is 14.6. The fourth-order valence-corrected chi connectivity index (χ4v) is 2.65. The fourth-order valence-electron chi connectivity index (χ4n) is 2.65. The number of nitro benzene ring substituents is 2. The number of hydrazone groups is 1. The Balaban J connectivity index is 1.75. The predicted octanol–water partition coefficient (Wildman–Crippen LogP) is 5.47. The summed E-state index contributed by atoms with van der Waals surface area (Å²) >= 11 is 0. The molecule has 0 saturated heterocycles. The Bertz CT molecular complexity index is 1230. The van der Waals surface area contributed by atoms with Gasteiger partial charge in [0.25, 0.3) is 5.69 Å². The van der Waals surface area contributed by atoms with Crippen LogP contribution in [0, 0.1) is 20.2 Å². The molecule has 0 fully saturated rings. The van der Waals surface area contributed by atoms with Crippen LogP contribution in [-0.2, 0) is 0 Å². The zero-order valence-corrected chi connectivity index (χ0v) is 17.3. The number of azo groups is 1. The van der Waals surface area contributed by atoms with Crippen LogP contribution in [0.4, 0.5) is 28.4 Å². The van der Waals surface area contributed by atoms with Crippen LogP contribution < -0.4 is 10.2 Å². The Morgan fingerprint density at radius 1 is 0.970 bits per heavy atom. The summed E-state index contributed by atoms with van der Waals surface area (Å²) < 4.78 is 5.37. The summed E-state index contributed by atoms with van der Waals surface area (Å²) in [5, 5.41) is 44.2. The second-order valence-corrected chi connectivity index (χ2v) is 6.46. The van der Waals surface area contributed by atoms with Crippen molar-refractivity contribution < 1.29 is 19.7 Å². The average Bonchev–Trinajstić information content (AvgIpc) is 2.80. The number of phenolic OH excluding ortho intramolecular Hbond substituents is 1. The monoisotopic (exact) mass is 450 g/mol. The number of anilines is 1. The summed E-state index contributed by atoms with van der Waals surface area (Å²) in [7, 11) is 0. The molecular weight excluding hydrogens is 432 g/mol. The maximum Gasteiger partial charge on any atom is 0.301 e. The molecule has 0 atom stereocenters. The van der Waals surface area contributed by atoms with E-state index in [0.717, 1.165) is 17.9 Å². The molecule has 12 heteroatoms. The van der Waals surface area contributed by atoms with E-state index in [-0.39, 0.29) is 17.0 Å². The van der Waals surface area contributed by atoms with Gasteiger partial charge < -0.3 is 9.84 Å². The highest BCUT2D eigenvalue weighted by molar-refractivity contribution is 5.85. The molecular formula is C21H18N6O6. The first-order chi connectivity index (χ1) is 15.9. The van der Waals surface area contributed by atoms with Crippen LogP contribution >= 0.6 is 0 Å². The molecule has 0 aliphatic carbocycles. The first-order valence-corrected chi connectivity index (χ1v) is 9.57. The van der Waals surface area contributed by atoms with Crippen molar-refractivity contribution in [1.82, 2.24) is 0 Å². The van der Waals surface area contributed by atoms with Gasteiger partial charge in [-0.2, -0.15) is 15.3 Å². The van der Waals surface area contributed by atoms with Gasteiger partial charge in [0.2, 0.25) is 0 Å². The smallest absolute Gasteiger partial charge is 0.301 e. The number of aromatic hydroxyl groups is 1. The predicted molar refractivity (Wildman–Crippen MR) is 121 cm³/mol. The summed E-state index contributed by atoms with van der Waals surface area (Å²) in [6.45, 7) is 2.45. The molecule has 0 spiro atoms. The van der Waals surface area contributed by atoms with Crippen molar-refractivity contribution in [2.24, 2.45) is 15.3 Å². The Morgan fingerprint density at radius 2 is 1.67 bits per heavy atom. The van der Waals surface area contributed by atoms with Crippen LogP contribution in [0.15, 0.2) is 76.0 Å². The molecule has 0 aromatic heterocycles. The molecule has 0 aliphatic rings. The second kappa shape index (κ2) is 10.4. The van der Waals surface area contributed by atoms with Gasteiger partial charge in [0.1, 0.15) is 17.2 Å². The lowest BCUT2D eigenvalue weighted by Crippen LogP contribution is -1.98. The zero-order chi connectivity index (χ0) is 23.8. The van der Waals surface area contributed by atoms with Crippen molar-refractivity contribution >= 4 is 34.7 Å². The van der Waals surface area contributed by atoms with Crippen molar-refractivity contribution in [2.75, 3.05) is 12.0 Å². The first-order valence-electron chi connectivity index (χ1n) is 9.57. The van der Waals surface area contributed by atoms with Gasteiger partial charge in [-0.05, 0) is 55.5 Å². The third-order valence-electron chi connectivity index (χ3n) is 4.22. The van der Waals surface area contributed by atoms with E-state index < -0.39 is 21.2 Å². The summed E-state index contributed by atoms with van der Waals surface area (Å²) in [6.07, 6.45) is 1.23. The lowest BCUT2D eigenvalue weighted by molar-refractivity contribution is -0.393. The van der Waals surface area contributed by atoms with Crippen molar-refractivity contribution in [1.29, 1.82) is 0 Å². The highest BCUT2D eigenvalue weighted by atomic mass is 16.6. The molecule has 12 nitrogen and oxygen atoms in total. The third-order valence-corrected chi connectivity index (χ3v) is 4.22. The van der Waals surface area contributed by atoms with E-state index in [1.165, 1.54) is 24.4 Å². The Hall–Kier alpha value is -4.87. The number of hydrogen-bond acceptors (Lipinski definition) is 10. The molecule has 3 aromatic carbocycles. The van der Waals surface area contributed by atoms with E-state index in [2.05, 4.69) is 20.8 Å².